The van der Waals surface area contributed by atoms with Crippen LogP contribution in [-0.4, -0.2) is 28.3 Å². The Morgan fingerprint density at radius 1 is 1.10 bits per heavy atom. The number of nitrogens with zero attached hydrogens (tertiary/aromatic N) is 2. The molecule has 1 aliphatic rings. The molecule has 1 saturated carbocycles. The van der Waals surface area contributed by atoms with Crippen LogP contribution in [0.1, 0.15) is 38.5 Å². The van der Waals surface area contributed by atoms with Gasteiger partial charge in [0.05, 0.1) is 0 Å². The van der Waals surface area contributed by atoms with Crippen LogP contribution < -0.4 is 21.9 Å². The Hall–Kier alpha value is -1.56. The van der Waals surface area contributed by atoms with Crippen molar-refractivity contribution < 1.29 is 0 Å². The van der Waals surface area contributed by atoms with Crippen LogP contribution in [0, 0.1) is 0 Å². The van der Waals surface area contributed by atoms with E-state index >= 15 is 0 Å². The van der Waals surface area contributed by atoms with Crippen molar-refractivity contribution in [1.29, 1.82) is 0 Å². The Bertz CT molecular complexity index is 570. The zero-order valence-electron chi connectivity index (χ0n) is 13.0. The molecule has 6 heteroatoms. The Kier molecular flexibility index (Phi) is 5.61. The highest BCUT2D eigenvalue weighted by atomic mass is 16.2. The van der Waals surface area contributed by atoms with Crippen LogP contribution >= 0.6 is 0 Å². The van der Waals surface area contributed by atoms with E-state index in [1.807, 2.05) is 0 Å². The van der Waals surface area contributed by atoms with Crippen LogP contribution in [0.2, 0.25) is 0 Å². The predicted octanol–water partition coefficient (Wildman–Crippen LogP) is 0.808. The molecule has 0 aliphatic heterocycles. The third-order valence-electron chi connectivity index (χ3n) is 4.22. The minimum absolute atomic E-state index is 0.277. The fourth-order valence-corrected chi connectivity index (χ4v) is 2.82. The average molecular weight is 294 g/mol. The Morgan fingerprint density at radius 2 is 1.81 bits per heavy atom. The Morgan fingerprint density at radius 3 is 2.52 bits per heavy atom. The van der Waals surface area contributed by atoms with Gasteiger partial charge >= 0.3 is 5.69 Å². The van der Waals surface area contributed by atoms with Gasteiger partial charge in [-0.1, -0.05) is 19.3 Å². The topological polar surface area (TPSA) is 68.1 Å². The maximum atomic E-state index is 11.8. The largest absolute Gasteiger partial charge is 0.371 e. The second-order valence-electron chi connectivity index (χ2n) is 5.84. The predicted molar refractivity (Wildman–Crippen MR) is 84.9 cm³/mol. The maximum Gasteiger partial charge on any atom is 0.332 e. The van der Waals surface area contributed by atoms with Gasteiger partial charge in [-0.25, -0.2) is 4.79 Å². The highest BCUT2D eigenvalue weighted by Gasteiger charge is 2.11. The molecule has 21 heavy (non-hydrogen) atoms. The van der Waals surface area contributed by atoms with E-state index in [0.29, 0.717) is 11.9 Å². The fourth-order valence-electron chi connectivity index (χ4n) is 2.82. The summed E-state index contributed by atoms with van der Waals surface area (Å²) < 4.78 is 2.58. The second kappa shape index (κ2) is 7.45. The van der Waals surface area contributed by atoms with E-state index in [9.17, 15) is 9.59 Å². The first-order valence-corrected chi connectivity index (χ1v) is 7.84. The van der Waals surface area contributed by atoms with Crippen molar-refractivity contribution in [3.63, 3.8) is 0 Å². The smallest absolute Gasteiger partial charge is 0.332 e. The number of hydrogen-bond donors (Lipinski definition) is 2. The van der Waals surface area contributed by atoms with Crippen molar-refractivity contribution >= 4 is 5.82 Å². The van der Waals surface area contributed by atoms with E-state index in [1.165, 1.54) is 49.8 Å². The van der Waals surface area contributed by atoms with Crippen molar-refractivity contribution in [2.24, 2.45) is 14.1 Å². The molecule has 1 aliphatic carbocycles. The van der Waals surface area contributed by atoms with Gasteiger partial charge in [0.15, 0.2) is 0 Å². The van der Waals surface area contributed by atoms with Gasteiger partial charge in [-0.2, -0.15) is 0 Å². The van der Waals surface area contributed by atoms with Crippen molar-refractivity contribution in [3.8, 4) is 0 Å². The number of nitrogens with one attached hydrogen (secondary N) is 2. The quantitative estimate of drug-likeness (QED) is 0.762. The van der Waals surface area contributed by atoms with Crippen LogP contribution in [-0.2, 0) is 14.1 Å². The molecule has 2 N–H and O–H groups in total. The molecule has 2 rings (SSSR count). The zero-order chi connectivity index (χ0) is 15.2. The summed E-state index contributed by atoms with van der Waals surface area (Å²) in [5, 5.41) is 6.75. The highest BCUT2D eigenvalue weighted by Crippen LogP contribution is 2.17. The molecule has 0 spiro atoms. The van der Waals surface area contributed by atoms with Crippen LogP contribution in [0.3, 0.4) is 0 Å². The van der Waals surface area contributed by atoms with E-state index in [1.54, 1.807) is 7.05 Å². The molecule has 118 valence electrons. The number of anilines is 1. The van der Waals surface area contributed by atoms with Gasteiger partial charge in [-0.15, -0.1) is 0 Å². The molecule has 0 saturated heterocycles. The zero-order valence-corrected chi connectivity index (χ0v) is 13.0. The van der Waals surface area contributed by atoms with E-state index in [0.717, 1.165) is 24.1 Å². The number of hydrogen-bond acceptors (Lipinski definition) is 4. The molecule has 1 fully saturated rings. The standard InChI is InChI=1S/C15H26N4O2/c1-18-13(11-14(20)19(2)15(18)21)17-10-6-9-16-12-7-4-3-5-8-12/h11-12,16-17H,3-10H2,1-2H3. The van der Waals surface area contributed by atoms with Gasteiger partial charge in [0.2, 0.25) is 0 Å². The molecule has 0 bridgehead atoms. The van der Waals surface area contributed by atoms with Crippen molar-refractivity contribution in [2.75, 3.05) is 18.4 Å². The summed E-state index contributed by atoms with van der Waals surface area (Å²) in [7, 11) is 3.16. The van der Waals surface area contributed by atoms with Crippen LogP contribution in [0.5, 0.6) is 0 Å². The fraction of sp³-hybridized carbons (Fsp3) is 0.733. The lowest BCUT2D eigenvalue weighted by molar-refractivity contribution is 0.373. The highest BCUT2D eigenvalue weighted by molar-refractivity contribution is 5.33. The lowest BCUT2D eigenvalue weighted by atomic mass is 9.95. The summed E-state index contributed by atoms with van der Waals surface area (Å²) in [4.78, 5) is 23.4. The molecule has 6 nitrogen and oxygen atoms in total. The van der Waals surface area contributed by atoms with E-state index in [2.05, 4.69) is 10.6 Å². The molecule has 0 radical (unpaired) electrons. The molecular formula is C15H26N4O2. The van der Waals surface area contributed by atoms with Crippen molar-refractivity contribution in [2.45, 2.75) is 44.6 Å². The summed E-state index contributed by atoms with van der Waals surface area (Å²) >= 11 is 0. The van der Waals surface area contributed by atoms with Gasteiger partial charge < -0.3 is 10.6 Å². The van der Waals surface area contributed by atoms with Gasteiger partial charge in [0.25, 0.3) is 5.56 Å². The first kappa shape index (κ1) is 15.8. The molecule has 0 amide bonds. The summed E-state index contributed by atoms with van der Waals surface area (Å²) in [6.07, 6.45) is 7.60. The summed E-state index contributed by atoms with van der Waals surface area (Å²) in [6, 6.07) is 2.14. The monoisotopic (exact) mass is 294 g/mol. The minimum Gasteiger partial charge on any atom is -0.371 e. The van der Waals surface area contributed by atoms with Gasteiger partial charge in [-0.3, -0.25) is 13.9 Å². The molecule has 0 aromatic carbocycles. The lowest BCUT2D eigenvalue weighted by Gasteiger charge is -2.22. The van der Waals surface area contributed by atoms with Crippen LogP contribution in [0.4, 0.5) is 5.82 Å². The lowest BCUT2D eigenvalue weighted by Crippen LogP contribution is -2.37. The summed E-state index contributed by atoms with van der Waals surface area (Å²) in [5.74, 6) is 0.584. The number of aromatic nitrogens is 2. The molecule has 1 heterocycles. The Labute approximate surface area is 125 Å². The molecule has 0 unspecified atom stereocenters. The molecule has 0 atom stereocenters. The first-order valence-electron chi connectivity index (χ1n) is 7.84. The van der Waals surface area contributed by atoms with Gasteiger partial charge in [0.1, 0.15) is 5.82 Å². The van der Waals surface area contributed by atoms with Crippen molar-refractivity contribution in [1.82, 2.24) is 14.5 Å². The van der Waals surface area contributed by atoms with Crippen LogP contribution in [0.25, 0.3) is 0 Å². The molecule has 1 aromatic rings. The third kappa shape index (κ3) is 4.20. The van der Waals surface area contributed by atoms with E-state index in [4.69, 9.17) is 0 Å². The summed E-state index contributed by atoms with van der Waals surface area (Å²) in [5.41, 5.74) is -0.578. The Balaban J connectivity index is 1.76. The third-order valence-corrected chi connectivity index (χ3v) is 4.22. The summed E-state index contributed by atoms with van der Waals surface area (Å²) in [6.45, 7) is 1.72. The normalized spacial score (nSPS) is 16.1. The SMILES string of the molecule is Cn1c(NCCCNC2CCCCC2)cc(=O)n(C)c1=O. The number of rotatable bonds is 6. The van der Waals surface area contributed by atoms with Crippen LogP contribution in [0.15, 0.2) is 15.7 Å². The van der Waals surface area contributed by atoms with E-state index < -0.39 is 0 Å². The molecule has 1 aromatic heterocycles. The van der Waals surface area contributed by atoms with Gasteiger partial charge in [0, 0.05) is 32.7 Å². The average Bonchev–Trinajstić information content (AvgIpc) is 2.50. The second-order valence-corrected chi connectivity index (χ2v) is 5.84. The van der Waals surface area contributed by atoms with Crippen molar-refractivity contribution in [3.05, 3.63) is 26.9 Å². The molecular weight excluding hydrogens is 268 g/mol. The van der Waals surface area contributed by atoms with E-state index in [-0.39, 0.29) is 11.2 Å². The minimum atomic E-state index is -0.301. The first-order chi connectivity index (χ1) is 10.1. The van der Waals surface area contributed by atoms with Gasteiger partial charge in [-0.05, 0) is 25.8 Å². The maximum absolute atomic E-state index is 11.8.